The van der Waals surface area contributed by atoms with E-state index in [1.54, 1.807) is 18.6 Å². The zero-order valence-corrected chi connectivity index (χ0v) is 12.1. The second-order valence-corrected chi connectivity index (χ2v) is 4.96. The Hall–Kier alpha value is -1.53. The third kappa shape index (κ3) is 5.32. The van der Waals surface area contributed by atoms with Gasteiger partial charge < -0.3 is 10.6 Å². The first-order valence-corrected chi connectivity index (χ1v) is 6.95. The maximum Gasteiger partial charge on any atom is 0.222 e. The van der Waals surface area contributed by atoms with E-state index in [0.29, 0.717) is 5.95 Å². The number of rotatable bonds is 7. The summed E-state index contributed by atoms with van der Waals surface area (Å²) in [7, 11) is 0. The number of nitrogens with one attached hydrogen (secondary N) is 2. The van der Waals surface area contributed by atoms with Crippen LogP contribution < -0.4 is 10.6 Å². The lowest BCUT2D eigenvalue weighted by Gasteiger charge is -2.06. The zero-order chi connectivity index (χ0) is 13.3. The number of pyridine rings is 1. The lowest BCUT2D eigenvalue weighted by molar-refractivity contribution is 0.661. The Balaban J connectivity index is 1.56. The molecule has 0 aliphatic rings. The van der Waals surface area contributed by atoms with Crippen molar-refractivity contribution in [1.82, 2.24) is 20.3 Å². The zero-order valence-electron chi connectivity index (χ0n) is 10.5. The molecule has 0 saturated heterocycles. The van der Waals surface area contributed by atoms with Crippen molar-refractivity contribution in [3.63, 3.8) is 0 Å². The van der Waals surface area contributed by atoms with Crippen LogP contribution in [0.3, 0.4) is 0 Å². The fraction of sp³-hybridized carbons (Fsp3) is 0.308. The Morgan fingerprint density at radius 1 is 1.11 bits per heavy atom. The van der Waals surface area contributed by atoms with Crippen molar-refractivity contribution in [2.45, 2.75) is 13.0 Å². The minimum Gasteiger partial charge on any atom is -0.354 e. The highest BCUT2D eigenvalue weighted by Crippen LogP contribution is 2.06. The molecule has 2 aromatic rings. The molecule has 5 nitrogen and oxygen atoms in total. The number of hydrogen-bond acceptors (Lipinski definition) is 5. The molecular weight excluding hydrogens is 306 g/mol. The van der Waals surface area contributed by atoms with Gasteiger partial charge in [-0.25, -0.2) is 9.97 Å². The smallest absolute Gasteiger partial charge is 0.222 e. The van der Waals surface area contributed by atoms with Crippen molar-refractivity contribution in [1.29, 1.82) is 0 Å². The number of anilines is 1. The highest BCUT2D eigenvalue weighted by Gasteiger charge is 1.95. The molecule has 100 valence electrons. The van der Waals surface area contributed by atoms with Gasteiger partial charge in [-0.2, -0.15) is 0 Å². The van der Waals surface area contributed by atoms with Crippen LogP contribution >= 0.6 is 15.9 Å². The van der Waals surface area contributed by atoms with Gasteiger partial charge >= 0.3 is 0 Å². The van der Waals surface area contributed by atoms with Crippen molar-refractivity contribution in [2.24, 2.45) is 0 Å². The maximum absolute atomic E-state index is 4.15. The van der Waals surface area contributed by atoms with Crippen molar-refractivity contribution in [3.8, 4) is 0 Å². The molecule has 0 radical (unpaired) electrons. The third-order valence-electron chi connectivity index (χ3n) is 2.49. The van der Waals surface area contributed by atoms with E-state index in [9.17, 15) is 0 Å². The summed E-state index contributed by atoms with van der Waals surface area (Å²) < 4.78 is 0.885. The third-order valence-corrected chi connectivity index (χ3v) is 2.90. The summed E-state index contributed by atoms with van der Waals surface area (Å²) in [6, 6.07) is 4.01. The highest BCUT2D eigenvalue weighted by atomic mass is 79.9. The topological polar surface area (TPSA) is 62.7 Å². The minimum absolute atomic E-state index is 0.662. The number of halogens is 1. The maximum atomic E-state index is 4.15. The lowest BCUT2D eigenvalue weighted by Crippen LogP contribution is -2.18. The van der Waals surface area contributed by atoms with Crippen LogP contribution in [0.1, 0.15) is 12.0 Å². The predicted octanol–water partition coefficient (Wildman–Crippen LogP) is 2.23. The molecule has 19 heavy (non-hydrogen) atoms. The number of aromatic nitrogens is 3. The number of hydrogen-bond donors (Lipinski definition) is 2. The van der Waals surface area contributed by atoms with E-state index in [1.807, 2.05) is 12.3 Å². The van der Waals surface area contributed by atoms with Crippen LogP contribution in [0.4, 0.5) is 5.95 Å². The van der Waals surface area contributed by atoms with Crippen LogP contribution in [0, 0.1) is 0 Å². The first-order chi connectivity index (χ1) is 9.34. The summed E-state index contributed by atoms with van der Waals surface area (Å²) in [5.41, 5.74) is 1.20. The van der Waals surface area contributed by atoms with Crippen LogP contribution in [0.25, 0.3) is 0 Å². The van der Waals surface area contributed by atoms with E-state index in [4.69, 9.17) is 0 Å². The Bertz CT molecular complexity index is 474. The van der Waals surface area contributed by atoms with Crippen molar-refractivity contribution < 1.29 is 0 Å². The average molecular weight is 322 g/mol. The van der Waals surface area contributed by atoms with E-state index in [1.165, 1.54) is 5.56 Å². The van der Waals surface area contributed by atoms with Crippen LogP contribution in [-0.4, -0.2) is 28.0 Å². The Morgan fingerprint density at radius 3 is 2.68 bits per heavy atom. The molecule has 0 spiro atoms. The molecule has 2 N–H and O–H groups in total. The first kappa shape index (κ1) is 13.9. The molecule has 0 bridgehead atoms. The highest BCUT2D eigenvalue weighted by molar-refractivity contribution is 9.10. The second kappa shape index (κ2) is 7.81. The van der Waals surface area contributed by atoms with Gasteiger partial charge in [-0.3, -0.25) is 4.98 Å². The standard InChI is InChI=1S/C13H16BrN5/c14-12-9-18-13(19-10-12)17-6-2-5-16-8-11-3-1-4-15-7-11/h1,3-4,7,9-10,16H,2,5-6,8H2,(H,17,18,19). The van der Waals surface area contributed by atoms with E-state index in [0.717, 1.165) is 30.5 Å². The molecule has 2 rings (SSSR count). The quantitative estimate of drug-likeness (QED) is 0.766. The fourth-order valence-electron chi connectivity index (χ4n) is 1.55. The summed E-state index contributed by atoms with van der Waals surface area (Å²) in [5.74, 6) is 0.662. The van der Waals surface area contributed by atoms with Gasteiger partial charge in [0.2, 0.25) is 5.95 Å². The Labute approximate surface area is 121 Å². The van der Waals surface area contributed by atoms with Gasteiger partial charge in [0, 0.05) is 37.9 Å². The Kier molecular flexibility index (Phi) is 5.71. The molecule has 0 unspecified atom stereocenters. The molecule has 0 aliphatic heterocycles. The van der Waals surface area contributed by atoms with Gasteiger partial charge in [-0.15, -0.1) is 0 Å². The van der Waals surface area contributed by atoms with Crippen LogP contribution in [0.15, 0.2) is 41.4 Å². The van der Waals surface area contributed by atoms with Crippen LogP contribution in [0.5, 0.6) is 0 Å². The van der Waals surface area contributed by atoms with Crippen molar-refractivity contribution in [2.75, 3.05) is 18.4 Å². The van der Waals surface area contributed by atoms with Crippen LogP contribution in [0.2, 0.25) is 0 Å². The molecule has 0 aromatic carbocycles. The van der Waals surface area contributed by atoms with E-state index >= 15 is 0 Å². The van der Waals surface area contributed by atoms with E-state index in [2.05, 4.69) is 47.6 Å². The summed E-state index contributed by atoms with van der Waals surface area (Å²) in [6.07, 6.45) is 8.14. The SMILES string of the molecule is Brc1cnc(NCCCNCc2cccnc2)nc1. The predicted molar refractivity (Wildman–Crippen MR) is 78.8 cm³/mol. The van der Waals surface area contributed by atoms with Gasteiger partial charge in [-0.05, 0) is 40.5 Å². The van der Waals surface area contributed by atoms with Crippen LogP contribution in [-0.2, 0) is 6.54 Å². The molecule has 0 fully saturated rings. The van der Waals surface area contributed by atoms with Crippen molar-refractivity contribution >= 4 is 21.9 Å². The summed E-state index contributed by atoms with van der Waals surface area (Å²) in [5, 5.41) is 6.54. The van der Waals surface area contributed by atoms with E-state index < -0.39 is 0 Å². The van der Waals surface area contributed by atoms with Gasteiger partial charge in [0.1, 0.15) is 0 Å². The molecule has 0 saturated carbocycles. The number of nitrogens with zero attached hydrogens (tertiary/aromatic N) is 3. The molecule has 2 aromatic heterocycles. The average Bonchev–Trinajstić information content (AvgIpc) is 2.46. The Morgan fingerprint density at radius 2 is 1.95 bits per heavy atom. The lowest BCUT2D eigenvalue weighted by atomic mass is 10.3. The van der Waals surface area contributed by atoms with Gasteiger partial charge in [-0.1, -0.05) is 6.07 Å². The van der Waals surface area contributed by atoms with Gasteiger partial charge in [0.05, 0.1) is 4.47 Å². The van der Waals surface area contributed by atoms with Crippen molar-refractivity contribution in [3.05, 3.63) is 47.0 Å². The molecule has 0 atom stereocenters. The molecule has 0 amide bonds. The molecule has 0 aliphatic carbocycles. The van der Waals surface area contributed by atoms with Gasteiger partial charge in [0.15, 0.2) is 0 Å². The summed E-state index contributed by atoms with van der Waals surface area (Å²) in [4.78, 5) is 12.4. The normalized spacial score (nSPS) is 10.4. The minimum atomic E-state index is 0.662. The monoisotopic (exact) mass is 321 g/mol. The molecule has 6 heteroatoms. The second-order valence-electron chi connectivity index (χ2n) is 4.04. The summed E-state index contributed by atoms with van der Waals surface area (Å²) in [6.45, 7) is 2.64. The molecular formula is C13H16BrN5. The largest absolute Gasteiger partial charge is 0.354 e. The summed E-state index contributed by atoms with van der Waals surface area (Å²) >= 11 is 3.30. The molecule has 2 heterocycles. The first-order valence-electron chi connectivity index (χ1n) is 6.15. The fourth-order valence-corrected chi connectivity index (χ4v) is 1.76. The van der Waals surface area contributed by atoms with Gasteiger partial charge in [0.25, 0.3) is 0 Å². The van der Waals surface area contributed by atoms with E-state index in [-0.39, 0.29) is 0 Å².